The van der Waals surface area contributed by atoms with Gasteiger partial charge in [0.1, 0.15) is 0 Å². The predicted octanol–water partition coefficient (Wildman–Crippen LogP) is 2.07. The molecule has 2 heterocycles. The van der Waals surface area contributed by atoms with E-state index < -0.39 is 5.95 Å². The Labute approximate surface area is 77.1 Å². The van der Waals surface area contributed by atoms with E-state index in [0.29, 0.717) is 12.7 Å². The summed E-state index contributed by atoms with van der Waals surface area (Å²) in [6.07, 6.45) is 3.64. The molecule has 0 spiro atoms. The Morgan fingerprint density at radius 1 is 1.54 bits per heavy atom. The second-order valence-corrected chi connectivity index (χ2v) is 2.75. The van der Waals surface area contributed by atoms with Crippen LogP contribution >= 0.6 is 0 Å². The van der Waals surface area contributed by atoms with Crippen molar-refractivity contribution in [3.05, 3.63) is 54.3 Å². The lowest BCUT2D eigenvalue weighted by atomic mass is 10.3. The van der Waals surface area contributed by atoms with E-state index in [9.17, 15) is 4.39 Å². The average molecular weight is 177 g/mol. The lowest BCUT2D eigenvalue weighted by Crippen LogP contribution is -1.97. The Morgan fingerprint density at radius 3 is 3.15 bits per heavy atom. The molecule has 66 valence electrons. The quantitative estimate of drug-likeness (QED) is 0.642. The third kappa shape index (κ3) is 1.93. The zero-order valence-electron chi connectivity index (χ0n) is 7.94. The first kappa shape index (κ1) is 6.83. The van der Waals surface area contributed by atoms with Crippen LogP contribution in [0.5, 0.6) is 0 Å². The Hall–Kier alpha value is -1.64. The van der Waals surface area contributed by atoms with Crippen LogP contribution in [0.4, 0.5) is 4.39 Å². The summed E-state index contributed by atoms with van der Waals surface area (Å²) in [5.74, 6) is -0.485. The Kier molecular flexibility index (Phi) is 1.78. The molecule has 0 saturated carbocycles. The number of pyridine rings is 1. The molecule has 13 heavy (non-hydrogen) atoms. The van der Waals surface area contributed by atoms with Gasteiger partial charge in [0.2, 0.25) is 5.95 Å². The number of hydrogen-bond donors (Lipinski definition) is 0. The lowest BCUT2D eigenvalue weighted by molar-refractivity contribution is 0.580. The highest BCUT2D eigenvalue weighted by molar-refractivity contribution is 5.11. The first-order valence-electron chi connectivity index (χ1n) is 4.48. The maximum atomic E-state index is 12.7. The molecular formula is C10H9FN2. The van der Waals surface area contributed by atoms with E-state index in [1.807, 2.05) is 0 Å². The first-order valence-corrected chi connectivity index (χ1v) is 3.98. The summed E-state index contributed by atoms with van der Waals surface area (Å²) in [7, 11) is 0. The second-order valence-electron chi connectivity index (χ2n) is 2.75. The van der Waals surface area contributed by atoms with Gasteiger partial charge in [-0.3, -0.25) is 0 Å². The molecule has 2 nitrogen and oxygen atoms in total. The minimum absolute atomic E-state index is 0.419. The summed E-state index contributed by atoms with van der Waals surface area (Å²) >= 11 is 0. The second kappa shape index (κ2) is 3.39. The molecule has 3 heteroatoms. The number of halogens is 1. The van der Waals surface area contributed by atoms with Crippen molar-refractivity contribution in [3.63, 3.8) is 0 Å². The van der Waals surface area contributed by atoms with Crippen LogP contribution in [-0.4, -0.2) is 9.55 Å². The summed E-state index contributed by atoms with van der Waals surface area (Å²) < 4.78 is 22.0. The maximum Gasteiger partial charge on any atom is 0.213 e. The number of nitrogens with zero attached hydrogens (tertiary/aromatic N) is 2. The molecule has 0 saturated heterocycles. The van der Waals surface area contributed by atoms with E-state index in [-0.39, 0.29) is 0 Å². The molecule has 0 radical (unpaired) electrons. The normalized spacial score (nSPS) is 11.3. The smallest absolute Gasteiger partial charge is 0.213 e. The average Bonchev–Trinajstić information content (AvgIpc) is 2.52. The molecule has 0 aliphatic heterocycles. The van der Waals surface area contributed by atoms with Gasteiger partial charge in [-0.15, -0.1) is 0 Å². The Bertz CT molecular complexity index is 439. The molecular weight excluding hydrogens is 167 g/mol. The molecule has 0 aromatic carbocycles. The van der Waals surface area contributed by atoms with Gasteiger partial charge in [0.15, 0.2) is 0 Å². The van der Waals surface area contributed by atoms with Crippen LogP contribution in [0.3, 0.4) is 0 Å². The van der Waals surface area contributed by atoms with E-state index in [0.717, 1.165) is 5.56 Å². The van der Waals surface area contributed by atoms with Gasteiger partial charge in [-0.25, -0.2) is 4.98 Å². The highest BCUT2D eigenvalue weighted by Crippen LogP contribution is 2.03. The van der Waals surface area contributed by atoms with Gasteiger partial charge in [0.05, 0.1) is 1.37 Å². The summed E-state index contributed by atoms with van der Waals surface area (Å²) in [6, 6.07) is 6.60. The fraction of sp³-hybridized carbons (Fsp3) is 0.100. The van der Waals surface area contributed by atoms with Crippen LogP contribution < -0.4 is 0 Å². The molecule has 0 fully saturated rings. The molecule has 0 aliphatic carbocycles. The van der Waals surface area contributed by atoms with E-state index in [1.54, 1.807) is 29.0 Å². The van der Waals surface area contributed by atoms with E-state index >= 15 is 0 Å². The highest BCUT2D eigenvalue weighted by Gasteiger charge is 1.95. The third-order valence-electron chi connectivity index (χ3n) is 1.75. The molecule has 0 bridgehead atoms. The van der Waals surface area contributed by atoms with E-state index in [1.165, 1.54) is 12.3 Å². The van der Waals surface area contributed by atoms with Gasteiger partial charge in [-0.2, -0.15) is 4.39 Å². The van der Waals surface area contributed by atoms with Crippen molar-refractivity contribution >= 4 is 0 Å². The first-order chi connectivity index (χ1) is 6.75. The van der Waals surface area contributed by atoms with Crippen LogP contribution in [0.25, 0.3) is 0 Å². The van der Waals surface area contributed by atoms with Gasteiger partial charge in [-0.05, 0) is 29.8 Å². The van der Waals surface area contributed by atoms with Gasteiger partial charge >= 0.3 is 0 Å². The van der Waals surface area contributed by atoms with Crippen molar-refractivity contribution in [2.75, 3.05) is 0 Å². The van der Waals surface area contributed by atoms with Gasteiger partial charge in [0.25, 0.3) is 0 Å². The minimum Gasteiger partial charge on any atom is -0.350 e. The molecule has 0 unspecified atom stereocenters. The molecule has 2 aromatic rings. The molecule has 0 N–H and O–H groups in total. The Balaban J connectivity index is 2.23. The maximum absolute atomic E-state index is 12.7. The van der Waals surface area contributed by atoms with Gasteiger partial charge < -0.3 is 4.57 Å². The van der Waals surface area contributed by atoms with Crippen molar-refractivity contribution in [1.29, 1.82) is 0 Å². The van der Waals surface area contributed by atoms with Crippen LogP contribution in [0.15, 0.2) is 42.8 Å². The van der Waals surface area contributed by atoms with Crippen molar-refractivity contribution in [2.24, 2.45) is 0 Å². The molecule has 2 rings (SSSR count). The predicted molar refractivity (Wildman–Crippen MR) is 47.7 cm³/mol. The summed E-state index contributed by atoms with van der Waals surface area (Å²) in [5.41, 5.74) is 0.808. The number of rotatable bonds is 2. The van der Waals surface area contributed by atoms with Gasteiger partial charge in [0, 0.05) is 25.1 Å². The van der Waals surface area contributed by atoms with Crippen molar-refractivity contribution in [3.8, 4) is 0 Å². The van der Waals surface area contributed by atoms with Crippen LogP contribution in [0.1, 0.15) is 6.93 Å². The standard InChI is InChI=1S/C10H9FN2/c11-10-7-9(3-4-12-10)8-13-5-1-2-6-13/h1-7H,8H2/i5D. The molecule has 0 aliphatic rings. The Morgan fingerprint density at radius 2 is 2.46 bits per heavy atom. The third-order valence-corrected chi connectivity index (χ3v) is 1.75. The molecule has 0 amide bonds. The lowest BCUT2D eigenvalue weighted by Gasteiger charge is -2.01. The minimum atomic E-state index is -0.485. The highest BCUT2D eigenvalue weighted by atomic mass is 19.1. The number of hydrogen-bond acceptors (Lipinski definition) is 1. The van der Waals surface area contributed by atoms with Gasteiger partial charge in [-0.1, -0.05) is 0 Å². The van der Waals surface area contributed by atoms with Crippen LogP contribution in [0, 0.1) is 5.95 Å². The van der Waals surface area contributed by atoms with E-state index in [4.69, 9.17) is 1.37 Å². The summed E-state index contributed by atoms with van der Waals surface area (Å²) in [6.45, 7) is 0.505. The van der Waals surface area contributed by atoms with Crippen LogP contribution in [0.2, 0.25) is 0 Å². The topological polar surface area (TPSA) is 17.8 Å². The van der Waals surface area contributed by atoms with Crippen molar-refractivity contribution in [1.82, 2.24) is 9.55 Å². The molecule has 2 aromatic heterocycles. The molecule has 0 atom stereocenters. The summed E-state index contributed by atoms with van der Waals surface area (Å²) in [5, 5.41) is 0. The largest absolute Gasteiger partial charge is 0.350 e. The number of aromatic nitrogens is 2. The summed E-state index contributed by atoms with van der Waals surface area (Å²) in [4.78, 5) is 3.47. The fourth-order valence-electron chi connectivity index (χ4n) is 1.16. The zero-order chi connectivity index (χ0) is 9.97. The fourth-order valence-corrected chi connectivity index (χ4v) is 1.16. The van der Waals surface area contributed by atoms with Crippen LogP contribution in [-0.2, 0) is 6.54 Å². The van der Waals surface area contributed by atoms with Crippen molar-refractivity contribution < 1.29 is 5.76 Å². The SMILES string of the molecule is [2H]c1cccn1Cc1ccnc(F)c1. The zero-order valence-corrected chi connectivity index (χ0v) is 6.94. The monoisotopic (exact) mass is 177 g/mol. The van der Waals surface area contributed by atoms with Crippen molar-refractivity contribution in [2.45, 2.75) is 6.54 Å². The van der Waals surface area contributed by atoms with E-state index in [2.05, 4.69) is 4.98 Å².